The molecule has 0 radical (unpaired) electrons. The van der Waals surface area contributed by atoms with Crippen molar-refractivity contribution in [3.05, 3.63) is 11.6 Å². The number of carbonyl (C=O) groups excluding carboxylic acids is 5. The van der Waals surface area contributed by atoms with Crippen LogP contribution < -0.4 is 0 Å². The predicted molar refractivity (Wildman–Crippen MR) is 124 cm³/mol. The molecule has 0 unspecified atom stereocenters. The third kappa shape index (κ3) is 4.02. The van der Waals surface area contributed by atoms with Crippen LogP contribution in [-0.2, 0) is 38.2 Å². The summed E-state index contributed by atoms with van der Waals surface area (Å²) in [6, 6.07) is 0. The second kappa shape index (κ2) is 8.86. The first kappa shape index (κ1) is 25.6. The molecule has 0 aliphatic heterocycles. The molecular weight excluding hydrogens is 452 g/mol. The number of hydrogen-bond donors (Lipinski definition) is 0. The third-order valence-corrected chi connectivity index (χ3v) is 9.49. The van der Waals surface area contributed by atoms with Gasteiger partial charge in [0, 0.05) is 38.5 Å². The van der Waals surface area contributed by atoms with E-state index in [1.54, 1.807) is 6.08 Å². The van der Waals surface area contributed by atoms with Crippen LogP contribution in [-0.4, -0.2) is 47.8 Å². The fraction of sp³-hybridized carbons (Fsp3) is 0.741. The molecule has 0 N–H and O–H groups in total. The largest absolute Gasteiger partial charge is 0.462 e. The van der Waals surface area contributed by atoms with Gasteiger partial charge in [-0.15, -0.1) is 0 Å². The Labute approximate surface area is 206 Å². The minimum Gasteiger partial charge on any atom is -0.462 e. The zero-order valence-corrected chi connectivity index (χ0v) is 21.3. The van der Waals surface area contributed by atoms with Crippen molar-refractivity contribution >= 4 is 29.5 Å². The van der Waals surface area contributed by atoms with Crippen molar-refractivity contribution in [2.45, 2.75) is 91.3 Å². The van der Waals surface area contributed by atoms with Crippen molar-refractivity contribution in [1.82, 2.24) is 0 Å². The van der Waals surface area contributed by atoms with E-state index in [4.69, 9.17) is 14.2 Å². The maximum Gasteiger partial charge on any atom is 0.303 e. The zero-order valence-electron chi connectivity index (χ0n) is 21.3. The molecule has 4 rings (SSSR count). The molecule has 192 valence electrons. The minimum atomic E-state index is -1.46. The summed E-state index contributed by atoms with van der Waals surface area (Å²) in [6.45, 7) is 7.57. The zero-order chi connectivity index (χ0) is 25.8. The van der Waals surface area contributed by atoms with Gasteiger partial charge in [0.15, 0.2) is 18.0 Å². The summed E-state index contributed by atoms with van der Waals surface area (Å²) in [4.78, 5) is 61.7. The maximum absolute atomic E-state index is 13.6. The number of esters is 3. The van der Waals surface area contributed by atoms with Gasteiger partial charge in [0.25, 0.3) is 0 Å². The number of ether oxygens (including phenoxy) is 3. The van der Waals surface area contributed by atoms with Crippen LogP contribution in [0.2, 0.25) is 0 Å². The molecule has 35 heavy (non-hydrogen) atoms. The van der Waals surface area contributed by atoms with Crippen molar-refractivity contribution in [3.8, 4) is 0 Å². The van der Waals surface area contributed by atoms with E-state index in [0.29, 0.717) is 32.1 Å². The van der Waals surface area contributed by atoms with Gasteiger partial charge in [-0.3, -0.25) is 24.0 Å². The first-order chi connectivity index (χ1) is 16.3. The van der Waals surface area contributed by atoms with E-state index >= 15 is 0 Å². The van der Waals surface area contributed by atoms with Gasteiger partial charge in [0.05, 0.1) is 0 Å². The Balaban J connectivity index is 1.79. The van der Waals surface area contributed by atoms with Crippen LogP contribution in [0.15, 0.2) is 11.6 Å². The number of hydrogen-bond acceptors (Lipinski definition) is 8. The van der Waals surface area contributed by atoms with E-state index in [0.717, 1.165) is 18.4 Å². The molecular formula is C27H36O8. The molecule has 0 saturated heterocycles. The molecule has 7 atom stereocenters. The second-order valence-corrected chi connectivity index (χ2v) is 11.3. The molecule has 8 heteroatoms. The van der Waals surface area contributed by atoms with E-state index in [1.165, 1.54) is 20.8 Å². The molecule has 0 aromatic heterocycles. The molecule has 0 aromatic carbocycles. The van der Waals surface area contributed by atoms with Crippen molar-refractivity contribution in [2.75, 3.05) is 6.61 Å². The van der Waals surface area contributed by atoms with Gasteiger partial charge in [-0.1, -0.05) is 19.4 Å². The summed E-state index contributed by atoms with van der Waals surface area (Å²) in [5, 5.41) is 0. The lowest BCUT2D eigenvalue weighted by Gasteiger charge is -2.61. The van der Waals surface area contributed by atoms with Gasteiger partial charge in [-0.25, -0.2) is 0 Å². The average Bonchev–Trinajstić information content (AvgIpc) is 3.04. The number of allylic oxidation sites excluding steroid dienone is 1. The van der Waals surface area contributed by atoms with E-state index in [9.17, 15) is 24.0 Å². The van der Waals surface area contributed by atoms with Crippen LogP contribution in [0.4, 0.5) is 0 Å². The lowest BCUT2D eigenvalue weighted by molar-refractivity contribution is -0.208. The van der Waals surface area contributed by atoms with Crippen molar-refractivity contribution < 1.29 is 38.2 Å². The molecule has 0 heterocycles. The van der Waals surface area contributed by atoms with Crippen LogP contribution in [0.5, 0.6) is 0 Å². The van der Waals surface area contributed by atoms with Gasteiger partial charge >= 0.3 is 17.9 Å². The van der Waals surface area contributed by atoms with Crippen LogP contribution in [0, 0.1) is 28.6 Å². The standard InChI is InChI=1S/C27H36O8/c1-15(28)33-14-23(32)27(35-17(3)30)11-9-21-20-7-6-18-12-19(31)8-10-25(18,4)24(20)22(34-16(2)29)13-26(21,27)5/h12,20-22,24H,6-11,13-14H2,1-5H3/t20-,21-,22-,24+,25-,26-,27+/m0/s1. The highest BCUT2D eigenvalue weighted by Gasteiger charge is 2.71. The highest BCUT2D eigenvalue weighted by atomic mass is 16.6. The molecule has 3 saturated carbocycles. The van der Waals surface area contributed by atoms with Gasteiger partial charge in [-0.05, 0) is 61.9 Å². The van der Waals surface area contributed by atoms with Crippen LogP contribution in [0.25, 0.3) is 0 Å². The lowest BCUT2D eigenvalue weighted by atomic mass is 9.45. The summed E-state index contributed by atoms with van der Waals surface area (Å²) in [6.07, 6.45) is 5.44. The predicted octanol–water partition coefficient (Wildman–Crippen LogP) is 3.49. The van der Waals surface area contributed by atoms with Crippen LogP contribution in [0.3, 0.4) is 0 Å². The summed E-state index contributed by atoms with van der Waals surface area (Å²) in [5.74, 6) is -1.64. The number of rotatable bonds is 5. The van der Waals surface area contributed by atoms with Gasteiger partial charge < -0.3 is 14.2 Å². The third-order valence-electron chi connectivity index (χ3n) is 9.49. The lowest BCUT2D eigenvalue weighted by Crippen LogP contribution is -2.63. The SMILES string of the molecule is CC(=O)OCC(=O)[C@]1(OC(C)=O)CC[C@H]2[C@@H]3CCC4=CC(=O)CC[C@]4(C)[C@H]3[C@@H](OC(C)=O)C[C@@]21C. The summed E-state index contributed by atoms with van der Waals surface area (Å²) >= 11 is 0. The van der Waals surface area contributed by atoms with E-state index in [-0.39, 0.29) is 29.0 Å². The fourth-order valence-corrected chi connectivity index (χ4v) is 8.17. The van der Waals surface area contributed by atoms with E-state index < -0.39 is 47.4 Å². The first-order valence-electron chi connectivity index (χ1n) is 12.6. The first-order valence-corrected chi connectivity index (χ1v) is 12.6. The Morgan fingerprint density at radius 2 is 1.69 bits per heavy atom. The molecule has 4 aliphatic rings. The Bertz CT molecular complexity index is 997. The number of ketones is 2. The van der Waals surface area contributed by atoms with Crippen LogP contribution in [0.1, 0.15) is 79.6 Å². The summed E-state index contributed by atoms with van der Waals surface area (Å²) < 4.78 is 16.9. The van der Waals surface area contributed by atoms with E-state index in [1.807, 2.05) is 6.92 Å². The quantitative estimate of drug-likeness (QED) is 0.427. The maximum atomic E-state index is 13.6. The molecule has 0 aromatic rings. The smallest absolute Gasteiger partial charge is 0.303 e. The number of Topliss-reactive ketones (excluding diaryl/α,β-unsaturated/α-hetero) is 1. The van der Waals surface area contributed by atoms with Crippen molar-refractivity contribution in [3.63, 3.8) is 0 Å². The van der Waals surface area contributed by atoms with E-state index in [2.05, 4.69) is 6.92 Å². The van der Waals surface area contributed by atoms with Crippen molar-refractivity contribution in [2.24, 2.45) is 28.6 Å². The molecule has 0 amide bonds. The Morgan fingerprint density at radius 1 is 0.971 bits per heavy atom. The number of carbonyl (C=O) groups is 5. The second-order valence-electron chi connectivity index (χ2n) is 11.3. The Morgan fingerprint density at radius 3 is 2.31 bits per heavy atom. The minimum absolute atomic E-state index is 0.00859. The molecule has 4 aliphatic carbocycles. The number of fused-ring (bicyclic) bond motifs is 5. The summed E-state index contributed by atoms with van der Waals surface area (Å²) in [7, 11) is 0. The van der Waals surface area contributed by atoms with Gasteiger partial charge in [0.1, 0.15) is 6.10 Å². The monoisotopic (exact) mass is 488 g/mol. The molecule has 8 nitrogen and oxygen atoms in total. The molecule has 0 bridgehead atoms. The Kier molecular flexibility index (Phi) is 6.47. The topological polar surface area (TPSA) is 113 Å². The fourth-order valence-electron chi connectivity index (χ4n) is 8.17. The van der Waals surface area contributed by atoms with Gasteiger partial charge in [-0.2, -0.15) is 0 Å². The normalized spacial score (nSPS) is 39.9. The molecule has 0 spiro atoms. The molecule has 3 fully saturated rings. The van der Waals surface area contributed by atoms with Gasteiger partial charge in [0.2, 0.25) is 5.78 Å². The Hall–Kier alpha value is -2.51. The van der Waals surface area contributed by atoms with Crippen LogP contribution >= 0.6 is 0 Å². The highest BCUT2D eigenvalue weighted by Crippen LogP contribution is 2.68. The summed E-state index contributed by atoms with van der Waals surface area (Å²) in [5.41, 5.74) is -1.39. The highest BCUT2D eigenvalue weighted by molar-refractivity contribution is 5.93. The average molecular weight is 489 g/mol. The van der Waals surface area contributed by atoms with Crippen molar-refractivity contribution in [1.29, 1.82) is 0 Å².